The van der Waals surface area contributed by atoms with Gasteiger partial charge in [-0.25, -0.2) is 4.98 Å². The van der Waals surface area contributed by atoms with Crippen LogP contribution in [0.3, 0.4) is 0 Å². The molecule has 1 heterocycles. The lowest BCUT2D eigenvalue weighted by atomic mass is 10.3. The van der Waals surface area contributed by atoms with Crippen molar-refractivity contribution >= 4 is 0 Å². The molecule has 2 rings (SSSR count). The fraction of sp³-hybridized carbons (Fsp3) is 0.308. The number of ether oxygens (including phenoxy) is 2. The van der Waals surface area contributed by atoms with Crippen molar-refractivity contribution < 1.29 is 9.47 Å². The Labute approximate surface area is 101 Å². The molecule has 0 spiro atoms. The second-order valence-corrected chi connectivity index (χ2v) is 3.63. The van der Waals surface area contributed by atoms with Gasteiger partial charge in [-0.05, 0) is 19.1 Å². The molecule has 0 aliphatic heterocycles. The Balaban J connectivity index is 2.01. The van der Waals surface area contributed by atoms with Crippen LogP contribution in [0.1, 0.15) is 12.6 Å². The number of benzene rings is 1. The van der Waals surface area contributed by atoms with E-state index in [1.807, 2.05) is 35.0 Å². The molecular weight excluding hydrogens is 216 g/mol. The molecule has 0 fully saturated rings. The highest BCUT2D eigenvalue weighted by atomic mass is 16.5. The number of nitrogens with zero attached hydrogens (tertiary/aromatic N) is 2. The Morgan fingerprint density at radius 1 is 1.24 bits per heavy atom. The van der Waals surface area contributed by atoms with Crippen molar-refractivity contribution in [3.63, 3.8) is 0 Å². The van der Waals surface area contributed by atoms with Crippen molar-refractivity contribution in [3.8, 4) is 11.5 Å². The van der Waals surface area contributed by atoms with Gasteiger partial charge in [0.2, 0.25) is 0 Å². The van der Waals surface area contributed by atoms with Crippen LogP contribution in [0.4, 0.5) is 0 Å². The maximum Gasteiger partial charge on any atom is 0.161 e. The van der Waals surface area contributed by atoms with Crippen molar-refractivity contribution in [2.24, 2.45) is 0 Å². The summed E-state index contributed by atoms with van der Waals surface area (Å²) in [6.45, 7) is 3.45. The van der Waals surface area contributed by atoms with E-state index in [0.29, 0.717) is 6.61 Å². The fourth-order valence-corrected chi connectivity index (χ4v) is 1.54. The molecule has 0 atom stereocenters. The molecule has 0 saturated heterocycles. The van der Waals surface area contributed by atoms with E-state index >= 15 is 0 Å². The topological polar surface area (TPSA) is 36.3 Å². The van der Waals surface area contributed by atoms with Crippen molar-refractivity contribution in [1.82, 2.24) is 9.55 Å². The molecule has 1 aromatic heterocycles. The molecule has 0 radical (unpaired) electrons. The van der Waals surface area contributed by atoms with Crippen LogP contribution >= 0.6 is 0 Å². The first-order valence-electron chi connectivity index (χ1n) is 5.60. The third-order valence-electron chi connectivity index (χ3n) is 2.50. The van der Waals surface area contributed by atoms with Crippen molar-refractivity contribution in [2.45, 2.75) is 20.1 Å². The van der Waals surface area contributed by atoms with Crippen LogP contribution in [-0.2, 0) is 13.2 Å². The first-order valence-corrected chi connectivity index (χ1v) is 5.60. The van der Waals surface area contributed by atoms with Crippen LogP contribution in [0.5, 0.6) is 11.5 Å². The maximum atomic E-state index is 5.67. The van der Waals surface area contributed by atoms with Gasteiger partial charge in [0.05, 0.1) is 19.1 Å². The lowest BCUT2D eigenvalue weighted by molar-refractivity contribution is 0.281. The minimum Gasteiger partial charge on any atom is -0.493 e. The predicted octanol–water partition coefficient (Wildman–Crippen LogP) is 2.49. The first kappa shape index (κ1) is 11.5. The zero-order valence-electron chi connectivity index (χ0n) is 10.1. The number of methoxy groups -OCH3 is 1. The van der Waals surface area contributed by atoms with E-state index in [9.17, 15) is 0 Å². The molecule has 0 aliphatic carbocycles. The van der Waals surface area contributed by atoms with E-state index in [0.717, 1.165) is 23.7 Å². The third-order valence-corrected chi connectivity index (χ3v) is 2.50. The molecule has 0 N–H and O–H groups in total. The van der Waals surface area contributed by atoms with Gasteiger partial charge in [0.1, 0.15) is 6.61 Å². The van der Waals surface area contributed by atoms with E-state index < -0.39 is 0 Å². The molecule has 0 amide bonds. The number of imidazole rings is 1. The monoisotopic (exact) mass is 232 g/mol. The number of rotatable bonds is 5. The van der Waals surface area contributed by atoms with Gasteiger partial charge in [-0.1, -0.05) is 12.1 Å². The third kappa shape index (κ3) is 2.78. The number of aryl methyl sites for hydroxylation is 1. The molecular formula is C13H16N2O2. The lowest BCUT2D eigenvalue weighted by Crippen LogP contribution is -1.97. The molecule has 0 bridgehead atoms. The van der Waals surface area contributed by atoms with Gasteiger partial charge in [0, 0.05) is 12.7 Å². The maximum absolute atomic E-state index is 5.67. The summed E-state index contributed by atoms with van der Waals surface area (Å²) >= 11 is 0. The molecule has 0 aliphatic rings. The summed E-state index contributed by atoms with van der Waals surface area (Å²) in [4.78, 5) is 4.25. The quantitative estimate of drug-likeness (QED) is 0.794. The van der Waals surface area contributed by atoms with Gasteiger partial charge >= 0.3 is 0 Å². The van der Waals surface area contributed by atoms with Crippen LogP contribution in [0.2, 0.25) is 0 Å². The van der Waals surface area contributed by atoms with Gasteiger partial charge in [0.15, 0.2) is 11.5 Å². The number of hydrogen-bond donors (Lipinski definition) is 0. The Morgan fingerprint density at radius 2 is 2.00 bits per heavy atom. The van der Waals surface area contributed by atoms with Gasteiger partial charge in [-0.2, -0.15) is 0 Å². The van der Waals surface area contributed by atoms with Crippen molar-refractivity contribution in [1.29, 1.82) is 0 Å². The van der Waals surface area contributed by atoms with Crippen LogP contribution < -0.4 is 9.47 Å². The van der Waals surface area contributed by atoms with Gasteiger partial charge in [-0.3, -0.25) is 0 Å². The second kappa shape index (κ2) is 5.39. The predicted molar refractivity (Wildman–Crippen MR) is 65.2 cm³/mol. The van der Waals surface area contributed by atoms with Crippen molar-refractivity contribution in [2.75, 3.05) is 7.11 Å². The summed E-state index contributed by atoms with van der Waals surface area (Å²) < 4.78 is 12.9. The van der Waals surface area contributed by atoms with Crippen LogP contribution in [0, 0.1) is 0 Å². The summed E-state index contributed by atoms with van der Waals surface area (Å²) in [5.41, 5.74) is 0.915. The number of aromatic nitrogens is 2. The SMILES string of the molecule is CCn1cnc(COc2ccccc2OC)c1. The van der Waals surface area contributed by atoms with Crippen LogP contribution in [0.25, 0.3) is 0 Å². The lowest BCUT2D eigenvalue weighted by Gasteiger charge is -2.08. The van der Waals surface area contributed by atoms with E-state index in [1.165, 1.54) is 0 Å². The smallest absolute Gasteiger partial charge is 0.161 e. The summed E-state index contributed by atoms with van der Waals surface area (Å²) in [7, 11) is 1.63. The minimum atomic E-state index is 0.452. The average Bonchev–Trinajstić information content (AvgIpc) is 2.84. The summed E-state index contributed by atoms with van der Waals surface area (Å²) in [6.07, 6.45) is 3.79. The zero-order valence-corrected chi connectivity index (χ0v) is 10.1. The highest BCUT2D eigenvalue weighted by Gasteiger charge is 2.04. The minimum absolute atomic E-state index is 0.452. The first-order chi connectivity index (χ1) is 8.33. The Kier molecular flexibility index (Phi) is 3.65. The van der Waals surface area contributed by atoms with Gasteiger partial charge in [0.25, 0.3) is 0 Å². The molecule has 4 heteroatoms. The number of para-hydroxylation sites is 2. The van der Waals surface area contributed by atoms with Crippen molar-refractivity contribution in [3.05, 3.63) is 42.5 Å². The van der Waals surface area contributed by atoms with Gasteiger partial charge < -0.3 is 14.0 Å². The molecule has 17 heavy (non-hydrogen) atoms. The summed E-state index contributed by atoms with van der Waals surface area (Å²) in [5.74, 6) is 1.48. The largest absolute Gasteiger partial charge is 0.493 e. The highest BCUT2D eigenvalue weighted by molar-refractivity contribution is 5.39. The fourth-order valence-electron chi connectivity index (χ4n) is 1.54. The summed E-state index contributed by atoms with van der Waals surface area (Å²) in [5, 5.41) is 0. The molecule has 0 saturated carbocycles. The normalized spacial score (nSPS) is 10.2. The molecule has 90 valence electrons. The standard InChI is InChI=1S/C13H16N2O2/c1-3-15-8-11(14-10-15)9-17-13-7-5-4-6-12(13)16-2/h4-8,10H,3,9H2,1-2H3. The zero-order chi connectivity index (χ0) is 12.1. The molecule has 1 aromatic carbocycles. The molecule has 2 aromatic rings. The van der Waals surface area contributed by atoms with E-state index in [1.54, 1.807) is 13.4 Å². The highest BCUT2D eigenvalue weighted by Crippen LogP contribution is 2.26. The Hall–Kier alpha value is -1.97. The van der Waals surface area contributed by atoms with Crippen LogP contribution in [0.15, 0.2) is 36.8 Å². The average molecular weight is 232 g/mol. The second-order valence-electron chi connectivity index (χ2n) is 3.63. The Bertz CT molecular complexity index is 480. The van der Waals surface area contributed by atoms with Gasteiger partial charge in [-0.15, -0.1) is 0 Å². The molecule has 0 unspecified atom stereocenters. The van der Waals surface area contributed by atoms with E-state index in [-0.39, 0.29) is 0 Å². The number of hydrogen-bond acceptors (Lipinski definition) is 3. The van der Waals surface area contributed by atoms with E-state index in [4.69, 9.17) is 9.47 Å². The Morgan fingerprint density at radius 3 is 2.65 bits per heavy atom. The molecule has 4 nitrogen and oxygen atoms in total. The van der Waals surface area contributed by atoms with Crippen LogP contribution in [-0.4, -0.2) is 16.7 Å². The van der Waals surface area contributed by atoms with E-state index in [2.05, 4.69) is 11.9 Å². The summed E-state index contributed by atoms with van der Waals surface area (Å²) in [6, 6.07) is 7.59.